The summed E-state index contributed by atoms with van der Waals surface area (Å²) in [6.07, 6.45) is 0. The Morgan fingerprint density at radius 3 is 2.26 bits per heavy atom. The molecule has 2 aromatic rings. The van der Waals surface area contributed by atoms with Gasteiger partial charge in [-0.3, -0.25) is 0 Å². The van der Waals surface area contributed by atoms with E-state index in [4.69, 9.17) is 9.26 Å². The number of benzene rings is 1. The van der Waals surface area contributed by atoms with Gasteiger partial charge >= 0.3 is 0 Å². The molecule has 1 N–H and O–H groups in total. The molecule has 0 aliphatic heterocycles. The Balaban J connectivity index is 1.99. The molecule has 6 nitrogen and oxygen atoms in total. The number of ether oxygens (including phenoxy) is 1. The molecular weight excluding hydrogens is 316 g/mol. The molecule has 2 rings (SSSR count). The lowest BCUT2D eigenvalue weighted by Gasteiger charge is -2.13. The van der Waals surface area contributed by atoms with Crippen molar-refractivity contribution >= 4 is 10.0 Å². The molecule has 1 heterocycles. The lowest BCUT2D eigenvalue weighted by atomic mass is 10.1. The third-order valence-corrected chi connectivity index (χ3v) is 5.19. The number of nitrogens with one attached hydrogen (secondary N) is 1. The normalized spacial score (nSPS) is 11.7. The molecule has 0 aliphatic carbocycles. The quantitative estimate of drug-likeness (QED) is 0.819. The van der Waals surface area contributed by atoms with Crippen molar-refractivity contribution in [3.63, 3.8) is 0 Å². The Morgan fingerprint density at radius 1 is 1.13 bits per heavy atom. The van der Waals surface area contributed by atoms with Gasteiger partial charge in [0.1, 0.15) is 22.9 Å². The average molecular weight is 338 g/mol. The van der Waals surface area contributed by atoms with Crippen LogP contribution in [0.25, 0.3) is 0 Å². The van der Waals surface area contributed by atoms with E-state index in [1.54, 1.807) is 13.8 Å². The van der Waals surface area contributed by atoms with Gasteiger partial charge in [-0.25, -0.2) is 13.1 Å². The molecule has 126 valence electrons. The summed E-state index contributed by atoms with van der Waals surface area (Å²) in [6.45, 7) is 9.56. The number of aromatic nitrogens is 1. The van der Waals surface area contributed by atoms with Gasteiger partial charge in [0, 0.05) is 6.54 Å². The maximum atomic E-state index is 12.3. The summed E-state index contributed by atoms with van der Waals surface area (Å²) in [7, 11) is -3.65. The van der Waals surface area contributed by atoms with Crippen molar-refractivity contribution in [2.45, 2.75) is 39.5 Å². The van der Waals surface area contributed by atoms with E-state index in [1.807, 2.05) is 32.9 Å². The maximum Gasteiger partial charge on any atom is 0.246 e. The van der Waals surface area contributed by atoms with Crippen LogP contribution in [0.4, 0.5) is 0 Å². The first-order valence-electron chi connectivity index (χ1n) is 7.35. The van der Waals surface area contributed by atoms with Gasteiger partial charge in [0.05, 0.1) is 0 Å². The third kappa shape index (κ3) is 3.92. The Bertz CT molecular complexity index is 767. The number of aryl methyl sites for hydroxylation is 5. The molecule has 0 spiro atoms. The molecular formula is C16H22N2O4S. The van der Waals surface area contributed by atoms with Crippen molar-refractivity contribution in [2.24, 2.45) is 0 Å². The zero-order chi connectivity index (χ0) is 17.2. The van der Waals surface area contributed by atoms with Crippen molar-refractivity contribution in [3.8, 4) is 5.75 Å². The number of hydrogen-bond donors (Lipinski definition) is 1. The van der Waals surface area contributed by atoms with Gasteiger partial charge in [0.2, 0.25) is 10.0 Å². The van der Waals surface area contributed by atoms with Gasteiger partial charge in [0.15, 0.2) is 5.76 Å². The van der Waals surface area contributed by atoms with E-state index in [0.29, 0.717) is 5.69 Å². The zero-order valence-electron chi connectivity index (χ0n) is 14.1. The van der Waals surface area contributed by atoms with E-state index in [2.05, 4.69) is 9.88 Å². The van der Waals surface area contributed by atoms with Gasteiger partial charge in [0.25, 0.3) is 0 Å². The first-order chi connectivity index (χ1) is 10.7. The SMILES string of the molecule is Cc1cc(C)c(OCCNS(=O)(=O)c2c(C)noc2C)c(C)c1. The van der Waals surface area contributed by atoms with Gasteiger partial charge in [-0.15, -0.1) is 0 Å². The summed E-state index contributed by atoms with van der Waals surface area (Å²) in [5.74, 6) is 1.08. The number of hydrogen-bond acceptors (Lipinski definition) is 5. The van der Waals surface area contributed by atoms with Crippen LogP contribution < -0.4 is 9.46 Å². The Kier molecular flexibility index (Phi) is 5.11. The van der Waals surface area contributed by atoms with Crippen LogP contribution in [0, 0.1) is 34.6 Å². The van der Waals surface area contributed by atoms with E-state index in [0.717, 1.165) is 16.9 Å². The molecule has 1 aromatic heterocycles. The summed E-state index contributed by atoms with van der Waals surface area (Å²) in [6, 6.07) is 4.08. The minimum Gasteiger partial charge on any atom is -0.492 e. The molecule has 0 atom stereocenters. The largest absolute Gasteiger partial charge is 0.492 e. The number of rotatable bonds is 6. The lowest BCUT2D eigenvalue weighted by Crippen LogP contribution is -2.29. The molecule has 7 heteroatoms. The van der Waals surface area contributed by atoms with Crippen LogP contribution >= 0.6 is 0 Å². The Morgan fingerprint density at radius 2 is 1.74 bits per heavy atom. The van der Waals surface area contributed by atoms with Crippen LogP contribution in [0.1, 0.15) is 28.1 Å². The van der Waals surface area contributed by atoms with Crippen LogP contribution in [-0.2, 0) is 10.0 Å². The highest BCUT2D eigenvalue weighted by Gasteiger charge is 2.23. The van der Waals surface area contributed by atoms with Crippen molar-refractivity contribution < 1.29 is 17.7 Å². The fourth-order valence-corrected chi connectivity index (χ4v) is 3.99. The van der Waals surface area contributed by atoms with Gasteiger partial charge in [-0.1, -0.05) is 22.9 Å². The van der Waals surface area contributed by atoms with Gasteiger partial charge in [-0.05, 0) is 45.7 Å². The first-order valence-corrected chi connectivity index (χ1v) is 8.84. The summed E-state index contributed by atoms with van der Waals surface area (Å²) in [4.78, 5) is 0.0974. The average Bonchev–Trinajstić information content (AvgIpc) is 2.76. The minimum atomic E-state index is -3.65. The zero-order valence-corrected chi connectivity index (χ0v) is 14.9. The molecule has 0 radical (unpaired) electrons. The minimum absolute atomic E-state index is 0.0974. The standard InChI is InChI=1S/C16H22N2O4S/c1-10-8-11(2)15(12(3)9-10)21-7-6-17-23(19,20)16-13(4)18-22-14(16)5/h8-9,17H,6-7H2,1-5H3. The molecule has 23 heavy (non-hydrogen) atoms. The van der Waals surface area contributed by atoms with Crippen LogP contribution in [0.15, 0.2) is 21.6 Å². The topological polar surface area (TPSA) is 81.4 Å². The molecule has 0 aliphatic rings. The monoisotopic (exact) mass is 338 g/mol. The van der Waals surface area contributed by atoms with E-state index in [1.165, 1.54) is 5.56 Å². The van der Waals surface area contributed by atoms with Crippen molar-refractivity contribution in [2.75, 3.05) is 13.2 Å². The summed E-state index contributed by atoms with van der Waals surface area (Å²) >= 11 is 0. The Labute approximate surface area is 136 Å². The van der Waals surface area contributed by atoms with E-state index in [-0.39, 0.29) is 23.8 Å². The Hall–Kier alpha value is -1.86. The highest BCUT2D eigenvalue weighted by molar-refractivity contribution is 7.89. The van der Waals surface area contributed by atoms with Gasteiger partial charge < -0.3 is 9.26 Å². The second-order valence-corrected chi connectivity index (χ2v) is 7.33. The molecule has 0 amide bonds. The van der Waals surface area contributed by atoms with Crippen LogP contribution in [0.3, 0.4) is 0 Å². The van der Waals surface area contributed by atoms with E-state index in [9.17, 15) is 8.42 Å². The molecule has 0 saturated heterocycles. The summed E-state index contributed by atoms with van der Waals surface area (Å²) < 4.78 is 37.7. The maximum absolute atomic E-state index is 12.3. The highest BCUT2D eigenvalue weighted by atomic mass is 32.2. The molecule has 0 bridgehead atoms. The second-order valence-electron chi connectivity index (χ2n) is 5.63. The predicted octanol–water partition coefficient (Wildman–Crippen LogP) is 2.57. The van der Waals surface area contributed by atoms with Crippen molar-refractivity contribution in [3.05, 3.63) is 40.3 Å². The highest BCUT2D eigenvalue weighted by Crippen LogP contribution is 2.24. The third-order valence-electron chi connectivity index (χ3n) is 3.48. The smallest absolute Gasteiger partial charge is 0.246 e. The fraction of sp³-hybridized carbons (Fsp3) is 0.438. The van der Waals surface area contributed by atoms with E-state index >= 15 is 0 Å². The fourth-order valence-electron chi connectivity index (χ4n) is 2.65. The van der Waals surface area contributed by atoms with Crippen molar-refractivity contribution in [1.29, 1.82) is 0 Å². The first kappa shape index (κ1) is 17.5. The van der Waals surface area contributed by atoms with Crippen LogP contribution in [-0.4, -0.2) is 26.7 Å². The number of nitrogens with zero attached hydrogens (tertiary/aromatic N) is 1. The van der Waals surface area contributed by atoms with Crippen LogP contribution in [0.2, 0.25) is 0 Å². The molecule has 0 fully saturated rings. The van der Waals surface area contributed by atoms with Gasteiger partial charge in [-0.2, -0.15) is 0 Å². The second kappa shape index (κ2) is 6.72. The van der Waals surface area contributed by atoms with Crippen molar-refractivity contribution in [1.82, 2.24) is 9.88 Å². The summed E-state index contributed by atoms with van der Waals surface area (Å²) in [5.41, 5.74) is 3.60. The lowest BCUT2D eigenvalue weighted by molar-refractivity contribution is 0.318. The number of sulfonamides is 1. The summed E-state index contributed by atoms with van der Waals surface area (Å²) in [5, 5.41) is 3.66. The van der Waals surface area contributed by atoms with Crippen LogP contribution in [0.5, 0.6) is 5.75 Å². The molecule has 0 unspecified atom stereocenters. The van der Waals surface area contributed by atoms with E-state index < -0.39 is 10.0 Å². The predicted molar refractivity (Wildman–Crippen MR) is 87.3 cm³/mol. The molecule has 0 saturated carbocycles. The molecule has 1 aromatic carbocycles.